The van der Waals surface area contributed by atoms with Crippen LogP contribution < -0.4 is 15.8 Å². The van der Waals surface area contributed by atoms with Gasteiger partial charge in [-0.2, -0.15) is 0 Å². The molecule has 86 valence electrons. The van der Waals surface area contributed by atoms with E-state index < -0.39 is 0 Å². The number of rotatable bonds is 2. The summed E-state index contributed by atoms with van der Waals surface area (Å²) in [6.45, 7) is 0.673. The zero-order valence-electron chi connectivity index (χ0n) is 9.15. The molecule has 0 bridgehead atoms. The Labute approximate surface area is 92.2 Å². The lowest BCUT2D eigenvalue weighted by molar-refractivity contribution is 0.379. The molecule has 1 aromatic rings. The van der Waals surface area contributed by atoms with Gasteiger partial charge in [0.05, 0.1) is 13.8 Å². The SMILES string of the molecule is COC(=N)Cn1cnc2c(c1=O)N(C)CN2. The maximum Gasteiger partial charge on any atom is 0.279 e. The number of ether oxygens (including phenoxy) is 1. The molecule has 2 heterocycles. The second kappa shape index (κ2) is 3.84. The van der Waals surface area contributed by atoms with Gasteiger partial charge in [-0.3, -0.25) is 14.8 Å². The fourth-order valence-corrected chi connectivity index (χ4v) is 1.56. The van der Waals surface area contributed by atoms with Crippen LogP contribution >= 0.6 is 0 Å². The molecule has 0 radical (unpaired) electrons. The third-order valence-electron chi connectivity index (χ3n) is 2.44. The number of nitrogens with zero attached hydrogens (tertiary/aromatic N) is 3. The first kappa shape index (κ1) is 10.5. The predicted octanol–water partition coefficient (Wildman–Crippen LogP) is -0.314. The molecular formula is C9H13N5O2. The van der Waals surface area contributed by atoms with Crippen molar-refractivity contribution in [1.82, 2.24) is 9.55 Å². The summed E-state index contributed by atoms with van der Waals surface area (Å²) in [5, 5.41) is 10.4. The zero-order chi connectivity index (χ0) is 11.7. The van der Waals surface area contributed by atoms with Crippen molar-refractivity contribution in [2.75, 3.05) is 31.0 Å². The Bertz CT molecular complexity index is 481. The van der Waals surface area contributed by atoms with Crippen LogP contribution in [-0.4, -0.2) is 36.3 Å². The topological polar surface area (TPSA) is 83.2 Å². The molecule has 0 amide bonds. The standard InChI is InChI=1S/C9H13N5O2/c1-13-4-11-8-7(13)9(15)14(5-12-8)3-6(10)16-2/h5,10-11H,3-4H2,1-2H3. The van der Waals surface area contributed by atoms with Crippen LogP contribution in [0.4, 0.5) is 11.5 Å². The van der Waals surface area contributed by atoms with Crippen LogP contribution in [0.15, 0.2) is 11.1 Å². The summed E-state index contributed by atoms with van der Waals surface area (Å²) in [6, 6.07) is 0. The first-order chi connectivity index (χ1) is 7.63. The molecule has 0 unspecified atom stereocenters. The highest BCUT2D eigenvalue weighted by molar-refractivity contribution is 5.73. The molecule has 2 rings (SSSR count). The van der Waals surface area contributed by atoms with Crippen molar-refractivity contribution >= 4 is 17.4 Å². The third-order valence-corrected chi connectivity index (χ3v) is 2.44. The maximum absolute atomic E-state index is 12.0. The van der Waals surface area contributed by atoms with Gasteiger partial charge < -0.3 is 15.0 Å². The largest absolute Gasteiger partial charge is 0.483 e. The van der Waals surface area contributed by atoms with Crippen molar-refractivity contribution in [3.8, 4) is 0 Å². The Hall–Kier alpha value is -2.05. The van der Waals surface area contributed by atoms with Gasteiger partial charge in [0.2, 0.25) is 5.90 Å². The van der Waals surface area contributed by atoms with E-state index in [2.05, 4.69) is 10.3 Å². The molecule has 1 aliphatic rings. The van der Waals surface area contributed by atoms with Gasteiger partial charge in [0.25, 0.3) is 5.56 Å². The molecule has 1 aliphatic heterocycles. The number of methoxy groups -OCH3 is 1. The molecule has 7 heteroatoms. The van der Waals surface area contributed by atoms with Crippen molar-refractivity contribution in [3.63, 3.8) is 0 Å². The third kappa shape index (κ3) is 1.60. The lowest BCUT2D eigenvalue weighted by Crippen LogP contribution is -2.29. The monoisotopic (exact) mass is 223 g/mol. The number of fused-ring (bicyclic) bond motifs is 1. The molecule has 1 aromatic heterocycles. The van der Waals surface area contributed by atoms with Gasteiger partial charge in [0.1, 0.15) is 18.6 Å². The van der Waals surface area contributed by atoms with Crippen LogP contribution in [0.2, 0.25) is 0 Å². The van der Waals surface area contributed by atoms with E-state index in [9.17, 15) is 4.79 Å². The maximum atomic E-state index is 12.0. The average Bonchev–Trinajstić information content (AvgIpc) is 2.65. The minimum Gasteiger partial charge on any atom is -0.483 e. The summed E-state index contributed by atoms with van der Waals surface area (Å²) in [5.74, 6) is 0.616. The lowest BCUT2D eigenvalue weighted by Gasteiger charge is -2.11. The summed E-state index contributed by atoms with van der Waals surface area (Å²) >= 11 is 0. The van der Waals surface area contributed by atoms with Gasteiger partial charge in [-0.15, -0.1) is 0 Å². The molecule has 7 nitrogen and oxygen atoms in total. The number of nitrogens with one attached hydrogen (secondary N) is 2. The second-order valence-corrected chi connectivity index (χ2v) is 3.53. The van der Waals surface area contributed by atoms with Crippen molar-refractivity contribution in [2.24, 2.45) is 0 Å². The van der Waals surface area contributed by atoms with E-state index in [-0.39, 0.29) is 18.0 Å². The second-order valence-electron chi connectivity index (χ2n) is 3.53. The van der Waals surface area contributed by atoms with E-state index in [1.54, 1.807) is 4.90 Å². The first-order valence-corrected chi connectivity index (χ1v) is 4.79. The van der Waals surface area contributed by atoms with Crippen molar-refractivity contribution in [1.29, 1.82) is 5.41 Å². The van der Waals surface area contributed by atoms with E-state index >= 15 is 0 Å². The first-order valence-electron chi connectivity index (χ1n) is 4.79. The van der Waals surface area contributed by atoms with Crippen LogP contribution in [0.3, 0.4) is 0 Å². The van der Waals surface area contributed by atoms with Crippen LogP contribution in [0.1, 0.15) is 0 Å². The highest BCUT2D eigenvalue weighted by Crippen LogP contribution is 2.22. The fraction of sp³-hybridized carbons (Fsp3) is 0.444. The van der Waals surface area contributed by atoms with Gasteiger partial charge in [-0.05, 0) is 0 Å². The Morgan fingerprint density at radius 3 is 3.19 bits per heavy atom. The minimum absolute atomic E-state index is 0.0254. The summed E-state index contributed by atoms with van der Waals surface area (Å²) in [6.07, 6.45) is 1.42. The molecule has 0 aliphatic carbocycles. The summed E-state index contributed by atoms with van der Waals surface area (Å²) in [5.41, 5.74) is 0.366. The highest BCUT2D eigenvalue weighted by atomic mass is 16.5. The van der Waals surface area contributed by atoms with Crippen molar-refractivity contribution < 1.29 is 4.74 Å². The van der Waals surface area contributed by atoms with E-state index in [4.69, 9.17) is 10.1 Å². The smallest absolute Gasteiger partial charge is 0.279 e. The van der Waals surface area contributed by atoms with Crippen LogP contribution in [0.5, 0.6) is 0 Å². The van der Waals surface area contributed by atoms with Gasteiger partial charge in [0.15, 0.2) is 5.82 Å². The number of hydrogen-bond donors (Lipinski definition) is 2. The van der Waals surface area contributed by atoms with Crippen LogP contribution in [-0.2, 0) is 11.3 Å². The quantitative estimate of drug-likeness (QED) is 0.530. The predicted molar refractivity (Wildman–Crippen MR) is 60.1 cm³/mol. The van der Waals surface area contributed by atoms with E-state index in [0.717, 1.165) is 0 Å². The normalized spacial score (nSPS) is 13.2. The molecule has 2 N–H and O–H groups in total. The molecule has 0 spiro atoms. The number of anilines is 2. The Kier molecular flexibility index (Phi) is 2.51. The molecule has 0 saturated carbocycles. The van der Waals surface area contributed by atoms with E-state index in [1.165, 1.54) is 18.0 Å². The average molecular weight is 223 g/mol. The molecular weight excluding hydrogens is 210 g/mol. The number of aromatic nitrogens is 2. The summed E-state index contributed by atoms with van der Waals surface area (Å²) in [7, 11) is 3.22. The van der Waals surface area contributed by atoms with Gasteiger partial charge in [-0.1, -0.05) is 0 Å². The molecule has 0 saturated heterocycles. The van der Waals surface area contributed by atoms with Gasteiger partial charge in [0, 0.05) is 7.05 Å². The molecule has 0 atom stereocenters. The van der Waals surface area contributed by atoms with E-state index in [1.807, 2.05) is 7.05 Å². The summed E-state index contributed by atoms with van der Waals surface area (Å²) < 4.78 is 6.08. The van der Waals surface area contributed by atoms with Gasteiger partial charge >= 0.3 is 0 Å². The van der Waals surface area contributed by atoms with Crippen molar-refractivity contribution in [2.45, 2.75) is 6.54 Å². The molecule has 16 heavy (non-hydrogen) atoms. The molecule has 0 fully saturated rings. The fourth-order valence-electron chi connectivity index (χ4n) is 1.56. The number of hydrogen-bond acceptors (Lipinski definition) is 6. The Balaban J connectivity index is 2.40. The van der Waals surface area contributed by atoms with Crippen LogP contribution in [0, 0.1) is 5.41 Å². The lowest BCUT2D eigenvalue weighted by atomic mass is 10.4. The molecule has 0 aromatic carbocycles. The van der Waals surface area contributed by atoms with Crippen molar-refractivity contribution in [3.05, 3.63) is 16.7 Å². The summed E-state index contributed by atoms with van der Waals surface area (Å²) in [4.78, 5) is 17.9. The van der Waals surface area contributed by atoms with E-state index in [0.29, 0.717) is 18.2 Å². The Morgan fingerprint density at radius 1 is 1.75 bits per heavy atom. The highest BCUT2D eigenvalue weighted by Gasteiger charge is 2.21. The Morgan fingerprint density at radius 2 is 2.50 bits per heavy atom. The minimum atomic E-state index is -0.167. The zero-order valence-corrected chi connectivity index (χ0v) is 9.15. The van der Waals surface area contributed by atoms with Crippen LogP contribution in [0.25, 0.3) is 0 Å². The van der Waals surface area contributed by atoms with Gasteiger partial charge in [-0.25, -0.2) is 4.98 Å².